The summed E-state index contributed by atoms with van der Waals surface area (Å²) in [6, 6.07) is -0.184. The van der Waals surface area contributed by atoms with Gasteiger partial charge in [-0.1, -0.05) is 0 Å². The lowest BCUT2D eigenvalue weighted by Gasteiger charge is -2.25. The van der Waals surface area contributed by atoms with Crippen LogP contribution in [0.3, 0.4) is 0 Å². The van der Waals surface area contributed by atoms with Gasteiger partial charge in [0, 0.05) is 19.2 Å². The number of aliphatic carboxylic acids is 1. The van der Waals surface area contributed by atoms with Crippen LogP contribution in [-0.4, -0.2) is 68.2 Å². The number of carbonyl (C=O) groups is 1. The van der Waals surface area contributed by atoms with Crippen molar-refractivity contribution in [2.75, 3.05) is 37.8 Å². The SMILES string of the molecule is CCOCCN(CC(=O)O)C1CCS(=O)(=O)C1. The van der Waals surface area contributed by atoms with Gasteiger partial charge in [0.25, 0.3) is 0 Å². The Labute approximate surface area is 101 Å². The number of hydrogen-bond acceptors (Lipinski definition) is 5. The van der Waals surface area contributed by atoms with Gasteiger partial charge in [-0.3, -0.25) is 9.69 Å². The van der Waals surface area contributed by atoms with Crippen LogP contribution >= 0.6 is 0 Å². The molecule has 1 saturated heterocycles. The number of ether oxygens (including phenoxy) is 1. The third-order valence-corrected chi connectivity index (χ3v) is 4.54. The zero-order valence-electron chi connectivity index (χ0n) is 9.96. The number of sulfone groups is 1. The maximum atomic E-state index is 11.4. The topological polar surface area (TPSA) is 83.9 Å². The summed E-state index contributed by atoms with van der Waals surface area (Å²) in [5.41, 5.74) is 0. The smallest absolute Gasteiger partial charge is 0.317 e. The van der Waals surface area contributed by atoms with Crippen LogP contribution in [0.2, 0.25) is 0 Å². The van der Waals surface area contributed by atoms with Gasteiger partial charge in [-0.05, 0) is 13.3 Å². The molecule has 1 heterocycles. The van der Waals surface area contributed by atoms with Crippen molar-refractivity contribution >= 4 is 15.8 Å². The first kappa shape index (κ1) is 14.4. The molecule has 0 saturated carbocycles. The average Bonchev–Trinajstić information content (AvgIpc) is 2.57. The second-order valence-corrected chi connectivity index (χ2v) is 6.35. The van der Waals surface area contributed by atoms with E-state index in [1.807, 2.05) is 6.92 Å². The molecule has 0 amide bonds. The van der Waals surface area contributed by atoms with Gasteiger partial charge in [0.2, 0.25) is 0 Å². The normalized spacial score (nSPS) is 23.1. The van der Waals surface area contributed by atoms with Crippen LogP contribution in [0.15, 0.2) is 0 Å². The van der Waals surface area contributed by atoms with Gasteiger partial charge in [-0.25, -0.2) is 8.42 Å². The maximum Gasteiger partial charge on any atom is 0.317 e. The number of carboxylic acid groups (broad SMARTS) is 1. The second kappa shape index (κ2) is 6.32. The molecule has 100 valence electrons. The van der Waals surface area contributed by atoms with Crippen LogP contribution < -0.4 is 0 Å². The van der Waals surface area contributed by atoms with Crippen molar-refractivity contribution in [1.82, 2.24) is 4.90 Å². The Bertz CT molecular complexity index is 354. The van der Waals surface area contributed by atoms with Gasteiger partial charge in [0.15, 0.2) is 9.84 Å². The molecule has 17 heavy (non-hydrogen) atoms. The van der Waals surface area contributed by atoms with Crippen molar-refractivity contribution < 1.29 is 23.1 Å². The van der Waals surface area contributed by atoms with Crippen molar-refractivity contribution in [2.24, 2.45) is 0 Å². The Morgan fingerprint density at radius 3 is 2.71 bits per heavy atom. The molecule has 1 N–H and O–H groups in total. The lowest BCUT2D eigenvalue weighted by atomic mass is 10.2. The molecule has 0 spiro atoms. The fraction of sp³-hybridized carbons (Fsp3) is 0.900. The fourth-order valence-corrected chi connectivity index (χ4v) is 3.72. The summed E-state index contributed by atoms with van der Waals surface area (Å²) >= 11 is 0. The average molecular weight is 265 g/mol. The maximum absolute atomic E-state index is 11.4. The van der Waals surface area contributed by atoms with E-state index in [1.54, 1.807) is 4.90 Å². The molecule has 0 aromatic rings. The van der Waals surface area contributed by atoms with E-state index < -0.39 is 15.8 Å². The van der Waals surface area contributed by atoms with E-state index in [2.05, 4.69) is 0 Å². The van der Waals surface area contributed by atoms with Gasteiger partial charge < -0.3 is 9.84 Å². The van der Waals surface area contributed by atoms with E-state index in [0.29, 0.717) is 26.2 Å². The number of carboxylic acids is 1. The molecule has 1 aliphatic heterocycles. The first-order chi connectivity index (χ1) is 7.94. The van der Waals surface area contributed by atoms with Crippen molar-refractivity contribution in [2.45, 2.75) is 19.4 Å². The standard InChI is InChI=1S/C10H19NO5S/c1-2-16-5-4-11(7-10(12)13)9-3-6-17(14,15)8-9/h9H,2-8H2,1H3,(H,12,13). The third kappa shape index (κ3) is 5.01. The molecule has 1 fully saturated rings. The van der Waals surface area contributed by atoms with Gasteiger partial charge >= 0.3 is 5.97 Å². The van der Waals surface area contributed by atoms with Gasteiger partial charge in [0.05, 0.1) is 24.7 Å². The second-order valence-electron chi connectivity index (χ2n) is 4.12. The van der Waals surface area contributed by atoms with E-state index in [4.69, 9.17) is 9.84 Å². The zero-order chi connectivity index (χ0) is 12.9. The molecular weight excluding hydrogens is 246 g/mol. The molecule has 0 aromatic heterocycles. The number of nitrogens with zero attached hydrogens (tertiary/aromatic N) is 1. The van der Waals surface area contributed by atoms with Gasteiger partial charge in [0.1, 0.15) is 0 Å². The minimum Gasteiger partial charge on any atom is -0.480 e. The van der Waals surface area contributed by atoms with E-state index in [1.165, 1.54) is 0 Å². The van der Waals surface area contributed by atoms with Crippen LogP contribution in [0, 0.1) is 0 Å². The van der Waals surface area contributed by atoms with Crippen molar-refractivity contribution in [3.8, 4) is 0 Å². The largest absolute Gasteiger partial charge is 0.480 e. The summed E-state index contributed by atoms with van der Waals surface area (Å²) in [6.45, 7) is 3.19. The molecule has 6 nitrogen and oxygen atoms in total. The first-order valence-electron chi connectivity index (χ1n) is 5.68. The summed E-state index contributed by atoms with van der Waals surface area (Å²) in [5, 5.41) is 8.80. The highest BCUT2D eigenvalue weighted by Gasteiger charge is 2.32. The Kier molecular flexibility index (Phi) is 5.35. The quantitative estimate of drug-likeness (QED) is 0.630. The highest BCUT2D eigenvalue weighted by molar-refractivity contribution is 7.91. The minimum atomic E-state index is -2.98. The molecule has 1 rings (SSSR count). The third-order valence-electron chi connectivity index (χ3n) is 2.79. The molecule has 0 bridgehead atoms. The molecule has 7 heteroatoms. The first-order valence-corrected chi connectivity index (χ1v) is 7.50. The van der Waals surface area contributed by atoms with E-state index >= 15 is 0 Å². The summed E-state index contributed by atoms with van der Waals surface area (Å²) in [4.78, 5) is 12.4. The highest BCUT2D eigenvalue weighted by Crippen LogP contribution is 2.17. The summed E-state index contributed by atoms with van der Waals surface area (Å²) in [6.07, 6.45) is 0.516. The van der Waals surface area contributed by atoms with Crippen LogP contribution in [0.25, 0.3) is 0 Å². The minimum absolute atomic E-state index is 0.0619. The Morgan fingerprint density at radius 2 is 2.24 bits per heavy atom. The summed E-state index contributed by atoms with van der Waals surface area (Å²) in [7, 11) is -2.98. The molecule has 0 radical (unpaired) electrons. The van der Waals surface area contributed by atoms with Crippen molar-refractivity contribution in [3.63, 3.8) is 0 Å². The van der Waals surface area contributed by atoms with Crippen LogP contribution in [-0.2, 0) is 19.4 Å². The van der Waals surface area contributed by atoms with Crippen molar-refractivity contribution in [1.29, 1.82) is 0 Å². The Morgan fingerprint density at radius 1 is 1.53 bits per heavy atom. The monoisotopic (exact) mass is 265 g/mol. The Hall–Kier alpha value is -0.660. The van der Waals surface area contributed by atoms with E-state index in [-0.39, 0.29) is 24.1 Å². The lowest BCUT2D eigenvalue weighted by Crippen LogP contribution is -2.41. The molecule has 1 aliphatic rings. The Balaban J connectivity index is 2.53. The van der Waals surface area contributed by atoms with Gasteiger partial charge in [-0.2, -0.15) is 0 Å². The fourth-order valence-electron chi connectivity index (χ4n) is 1.95. The number of rotatable bonds is 7. The highest BCUT2D eigenvalue weighted by atomic mass is 32.2. The van der Waals surface area contributed by atoms with E-state index in [9.17, 15) is 13.2 Å². The lowest BCUT2D eigenvalue weighted by molar-refractivity contribution is -0.139. The van der Waals surface area contributed by atoms with Crippen LogP contribution in [0.4, 0.5) is 0 Å². The predicted molar refractivity (Wildman–Crippen MR) is 62.8 cm³/mol. The van der Waals surface area contributed by atoms with Crippen molar-refractivity contribution in [3.05, 3.63) is 0 Å². The molecule has 0 aromatic carbocycles. The van der Waals surface area contributed by atoms with Crippen LogP contribution in [0.5, 0.6) is 0 Å². The molecular formula is C10H19NO5S. The summed E-state index contributed by atoms with van der Waals surface area (Å²) < 4.78 is 27.9. The van der Waals surface area contributed by atoms with E-state index in [0.717, 1.165) is 0 Å². The molecule has 1 atom stereocenters. The zero-order valence-corrected chi connectivity index (χ0v) is 10.8. The number of hydrogen-bond donors (Lipinski definition) is 1. The summed E-state index contributed by atoms with van der Waals surface area (Å²) in [5.74, 6) is -0.722. The molecule has 1 unspecified atom stereocenters. The van der Waals surface area contributed by atoms with Gasteiger partial charge in [-0.15, -0.1) is 0 Å². The van der Waals surface area contributed by atoms with Crippen LogP contribution in [0.1, 0.15) is 13.3 Å². The molecule has 0 aliphatic carbocycles. The predicted octanol–water partition coefficient (Wildman–Crippen LogP) is -0.403.